The van der Waals surface area contributed by atoms with Crippen LogP contribution in [-0.2, 0) is 6.42 Å². The summed E-state index contributed by atoms with van der Waals surface area (Å²) in [5.41, 5.74) is 9.24. The molecule has 0 atom stereocenters. The Morgan fingerprint density at radius 2 is 1.60 bits per heavy atom. The molecule has 0 fully saturated rings. The van der Waals surface area contributed by atoms with Crippen LogP contribution in [0.15, 0.2) is 12.1 Å². The Bertz CT molecular complexity index is 610. The Morgan fingerprint density at radius 1 is 1.05 bits per heavy atom. The van der Waals surface area contributed by atoms with Crippen LogP contribution in [-0.4, -0.2) is 9.78 Å². The zero-order valence-electron chi connectivity index (χ0n) is 13.8. The molecule has 0 aliphatic rings. The van der Waals surface area contributed by atoms with Crippen molar-refractivity contribution in [2.45, 2.75) is 60.9 Å². The first-order chi connectivity index (χ1) is 9.36. The number of benzene rings is 1. The van der Waals surface area contributed by atoms with Crippen molar-refractivity contribution >= 4 is 0 Å². The molecule has 0 aliphatic heterocycles. The van der Waals surface area contributed by atoms with Gasteiger partial charge in [0.25, 0.3) is 0 Å². The second-order valence-corrected chi connectivity index (χ2v) is 6.03. The Morgan fingerprint density at radius 3 is 2.00 bits per heavy atom. The molecule has 0 N–H and O–H groups in total. The van der Waals surface area contributed by atoms with Gasteiger partial charge in [0, 0.05) is 17.3 Å². The summed E-state index contributed by atoms with van der Waals surface area (Å²) in [6.45, 7) is 15.3. The minimum absolute atomic E-state index is 0.402. The molecule has 0 saturated carbocycles. The van der Waals surface area contributed by atoms with E-state index in [9.17, 15) is 0 Å². The second kappa shape index (κ2) is 5.43. The smallest absolute Gasteiger partial charge is 0.0675 e. The van der Waals surface area contributed by atoms with Crippen LogP contribution < -0.4 is 0 Å². The van der Waals surface area contributed by atoms with E-state index < -0.39 is 0 Å². The third kappa shape index (κ3) is 2.39. The zero-order chi connectivity index (χ0) is 15.0. The van der Waals surface area contributed by atoms with Gasteiger partial charge in [0.2, 0.25) is 0 Å². The Balaban J connectivity index is 2.63. The summed E-state index contributed by atoms with van der Waals surface area (Å²) in [6, 6.07) is 5.03. The lowest BCUT2D eigenvalue weighted by molar-refractivity contribution is 0.516. The number of nitrogens with zero attached hydrogens (tertiary/aromatic N) is 2. The first-order valence-electron chi connectivity index (χ1n) is 7.53. The van der Waals surface area contributed by atoms with E-state index in [4.69, 9.17) is 5.10 Å². The summed E-state index contributed by atoms with van der Waals surface area (Å²) in [6.07, 6.45) is 1.10. The highest BCUT2D eigenvalue weighted by molar-refractivity contribution is 5.70. The monoisotopic (exact) mass is 270 g/mol. The van der Waals surface area contributed by atoms with Crippen LogP contribution >= 0.6 is 0 Å². The Labute approximate surface area is 122 Å². The van der Waals surface area contributed by atoms with Gasteiger partial charge in [0.15, 0.2) is 0 Å². The maximum Gasteiger partial charge on any atom is 0.0675 e. The van der Waals surface area contributed by atoms with Crippen molar-refractivity contribution in [3.63, 3.8) is 0 Å². The predicted molar refractivity (Wildman–Crippen MR) is 86.4 cm³/mol. The maximum absolute atomic E-state index is 4.70. The molecule has 0 saturated heterocycles. The maximum atomic E-state index is 4.70. The van der Waals surface area contributed by atoms with Gasteiger partial charge in [-0.2, -0.15) is 5.10 Å². The first-order valence-corrected chi connectivity index (χ1v) is 7.53. The molecule has 2 aromatic rings. The van der Waals surface area contributed by atoms with Crippen molar-refractivity contribution in [2.75, 3.05) is 0 Å². The molecular weight excluding hydrogens is 244 g/mol. The molecule has 1 aromatic carbocycles. The van der Waals surface area contributed by atoms with Gasteiger partial charge in [-0.25, -0.2) is 0 Å². The van der Waals surface area contributed by atoms with Crippen molar-refractivity contribution in [3.05, 3.63) is 40.2 Å². The normalized spacial score (nSPS) is 11.4. The minimum atomic E-state index is 0.402. The fourth-order valence-electron chi connectivity index (χ4n) is 3.28. The average Bonchev–Trinajstić information content (AvgIpc) is 2.64. The first kappa shape index (κ1) is 14.8. The molecule has 2 nitrogen and oxygen atoms in total. The molecule has 0 spiro atoms. The zero-order valence-corrected chi connectivity index (χ0v) is 13.8. The van der Waals surface area contributed by atoms with Crippen molar-refractivity contribution < 1.29 is 0 Å². The van der Waals surface area contributed by atoms with Crippen LogP contribution in [0.5, 0.6) is 0 Å². The van der Waals surface area contributed by atoms with Gasteiger partial charge in [0.05, 0.1) is 5.69 Å². The Hall–Kier alpha value is -1.57. The number of hydrogen-bond donors (Lipinski definition) is 0. The van der Waals surface area contributed by atoms with Gasteiger partial charge in [-0.05, 0) is 70.2 Å². The van der Waals surface area contributed by atoms with Gasteiger partial charge >= 0.3 is 0 Å². The highest BCUT2D eigenvalue weighted by Gasteiger charge is 2.16. The molecule has 2 rings (SSSR count). The third-order valence-corrected chi connectivity index (χ3v) is 4.15. The largest absolute Gasteiger partial charge is 0.266 e. The molecule has 108 valence electrons. The van der Waals surface area contributed by atoms with E-state index in [0.29, 0.717) is 6.04 Å². The summed E-state index contributed by atoms with van der Waals surface area (Å²) in [4.78, 5) is 0. The van der Waals surface area contributed by atoms with E-state index in [1.54, 1.807) is 0 Å². The number of aromatic nitrogens is 2. The van der Waals surface area contributed by atoms with Crippen molar-refractivity contribution in [2.24, 2.45) is 0 Å². The van der Waals surface area contributed by atoms with Crippen LogP contribution in [0.1, 0.15) is 54.9 Å². The number of hydrogen-bond acceptors (Lipinski definition) is 1. The van der Waals surface area contributed by atoms with Gasteiger partial charge in [-0.1, -0.05) is 19.1 Å². The van der Waals surface area contributed by atoms with Gasteiger partial charge in [0.1, 0.15) is 0 Å². The van der Waals surface area contributed by atoms with Gasteiger partial charge < -0.3 is 0 Å². The molecular formula is C18H26N2. The minimum Gasteiger partial charge on any atom is -0.266 e. The quantitative estimate of drug-likeness (QED) is 0.773. The summed E-state index contributed by atoms with van der Waals surface area (Å²) >= 11 is 0. The molecule has 2 heteroatoms. The molecule has 1 heterocycles. The predicted octanol–water partition coefficient (Wildman–Crippen LogP) is 4.93. The molecule has 20 heavy (non-hydrogen) atoms. The van der Waals surface area contributed by atoms with Crippen LogP contribution in [0.25, 0.3) is 11.1 Å². The molecule has 0 bridgehead atoms. The third-order valence-electron chi connectivity index (χ3n) is 4.15. The van der Waals surface area contributed by atoms with E-state index in [1.165, 1.54) is 33.5 Å². The molecule has 1 aromatic heterocycles. The highest BCUT2D eigenvalue weighted by atomic mass is 15.3. The van der Waals surface area contributed by atoms with E-state index in [0.717, 1.165) is 12.1 Å². The van der Waals surface area contributed by atoms with E-state index in [1.807, 2.05) is 0 Å². The molecule has 0 radical (unpaired) electrons. The van der Waals surface area contributed by atoms with Gasteiger partial charge in [-0.15, -0.1) is 0 Å². The standard InChI is InChI=1S/C18H26N2/c1-8-17-12(4)9-16(10-13(17)5)18-14(6)19-20(11(2)3)15(18)7/h9-11H,8H2,1-7H3. The van der Waals surface area contributed by atoms with Gasteiger partial charge in [-0.3, -0.25) is 4.68 Å². The SMILES string of the molecule is CCc1c(C)cc(-c2c(C)nn(C(C)C)c2C)cc1C. The Kier molecular flexibility index (Phi) is 4.03. The topological polar surface area (TPSA) is 17.8 Å². The van der Waals surface area contributed by atoms with E-state index in [-0.39, 0.29) is 0 Å². The fourth-order valence-corrected chi connectivity index (χ4v) is 3.28. The lowest BCUT2D eigenvalue weighted by Gasteiger charge is -2.12. The number of rotatable bonds is 3. The lowest BCUT2D eigenvalue weighted by Crippen LogP contribution is -2.04. The summed E-state index contributed by atoms with van der Waals surface area (Å²) in [5.74, 6) is 0. The fraction of sp³-hybridized carbons (Fsp3) is 0.500. The second-order valence-electron chi connectivity index (χ2n) is 6.03. The van der Waals surface area contributed by atoms with Crippen molar-refractivity contribution in [1.29, 1.82) is 0 Å². The van der Waals surface area contributed by atoms with Crippen LogP contribution in [0.2, 0.25) is 0 Å². The van der Waals surface area contributed by atoms with E-state index in [2.05, 4.69) is 65.3 Å². The van der Waals surface area contributed by atoms with Crippen LogP contribution in [0.4, 0.5) is 0 Å². The van der Waals surface area contributed by atoms with Crippen molar-refractivity contribution in [3.8, 4) is 11.1 Å². The number of aryl methyl sites for hydroxylation is 3. The average molecular weight is 270 g/mol. The molecule has 0 aliphatic carbocycles. The molecule has 0 amide bonds. The van der Waals surface area contributed by atoms with Crippen molar-refractivity contribution in [1.82, 2.24) is 9.78 Å². The summed E-state index contributed by atoms with van der Waals surface area (Å²) in [7, 11) is 0. The van der Waals surface area contributed by atoms with Crippen LogP contribution in [0, 0.1) is 27.7 Å². The van der Waals surface area contributed by atoms with Crippen LogP contribution in [0.3, 0.4) is 0 Å². The summed E-state index contributed by atoms with van der Waals surface area (Å²) < 4.78 is 2.13. The molecule has 0 unspecified atom stereocenters. The van der Waals surface area contributed by atoms with E-state index >= 15 is 0 Å². The highest BCUT2D eigenvalue weighted by Crippen LogP contribution is 2.31. The summed E-state index contributed by atoms with van der Waals surface area (Å²) in [5, 5.41) is 4.70. The lowest BCUT2D eigenvalue weighted by atomic mass is 9.93.